The summed E-state index contributed by atoms with van der Waals surface area (Å²) in [5.41, 5.74) is 0.878. The van der Waals surface area contributed by atoms with Crippen molar-refractivity contribution < 1.29 is 8.42 Å². The van der Waals surface area contributed by atoms with E-state index in [1.165, 1.54) is 0 Å². The number of hydrogen-bond acceptors (Lipinski definition) is 3. The van der Waals surface area contributed by atoms with Gasteiger partial charge < -0.3 is 5.32 Å². The van der Waals surface area contributed by atoms with E-state index in [1.807, 2.05) is 0 Å². The topological polar surface area (TPSA) is 58.2 Å². The highest BCUT2D eigenvalue weighted by molar-refractivity contribution is 7.89. The van der Waals surface area contributed by atoms with Crippen molar-refractivity contribution in [1.29, 1.82) is 0 Å². The summed E-state index contributed by atoms with van der Waals surface area (Å²) in [7, 11) is -1.65. The maximum Gasteiger partial charge on any atom is 0.240 e. The monoisotopic (exact) mass is 254 g/mol. The van der Waals surface area contributed by atoms with Crippen LogP contribution in [0.3, 0.4) is 0 Å². The molecule has 1 unspecified atom stereocenters. The van der Waals surface area contributed by atoms with Crippen LogP contribution in [0.5, 0.6) is 0 Å². The van der Waals surface area contributed by atoms with Crippen molar-refractivity contribution in [3.63, 3.8) is 0 Å². The van der Waals surface area contributed by atoms with Crippen molar-refractivity contribution in [2.45, 2.75) is 24.3 Å². The van der Waals surface area contributed by atoms with E-state index in [4.69, 9.17) is 0 Å². The van der Waals surface area contributed by atoms with Crippen LogP contribution in [0.4, 0.5) is 5.69 Å². The first kappa shape index (κ1) is 13.7. The quantitative estimate of drug-likeness (QED) is 0.763. The van der Waals surface area contributed by atoms with E-state index in [0.717, 1.165) is 5.69 Å². The fourth-order valence-corrected chi connectivity index (χ4v) is 2.69. The molecule has 0 aliphatic carbocycles. The summed E-state index contributed by atoms with van der Waals surface area (Å²) in [6.07, 6.45) is 2.30. The molecule has 0 spiro atoms. The van der Waals surface area contributed by atoms with Crippen LogP contribution in [-0.4, -0.2) is 21.5 Å². The van der Waals surface area contributed by atoms with Crippen molar-refractivity contribution in [3.05, 3.63) is 36.9 Å². The van der Waals surface area contributed by atoms with Crippen molar-refractivity contribution in [3.8, 4) is 0 Å². The van der Waals surface area contributed by atoms with E-state index in [-0.39, 0.29) is 10.9 Å². The second kappa shape index (κ2) is 5.84. The van der Waals surface area contributed by atoms with Gasteiger partial charge in [0.15, 0.2) is 0 Å². The molecular formula is C12H18N2O2S. The van der Waals surface area contributed by atoms with Gasteiger partial charge in [0.1, 0.15) is 0 Å². The maximum atomic E-state index is 12.0. The number of benzene rings is 1. The molecule has 1 rings (SSSR count). The second-order valence-electron chi connectivity index (χ2n) is 3.82. The average Bonchev–Trinajstić information content (AvgIpc) is 2.28. The molecule has 0 radical (unpaired) electrons. The third kappa shape index (κ3) is 3.87. The number of sulfonamides is 1. The Kier molecular flexibility index (Phi) is 4.72. The molecule has 0 aliphatic rings. The van der Waals surface area contributed by atoms with Gasteiger partial charge in [-0.25, -0.2) is 13.1 Å². The highest BCUT2D eigenvalue weighted by atomic mass is 32.2. The van der Waals surface area contributed by atoms with Gasteiger partial charge in [0.2, 0.25) is 10.0 Å². The standard InChI is InChI=1S/C12H18N2O2S/c1-4-5-10(2)14-17(15,16)12-8-6-11(13-3)7-9-12/h4,6-10,13-14H,1,5H2,2-3H3. The van der Waals surface area contributed by atoms with Crippen molar-refractivity contribution in [2.75, 3.05) is 12.4 Å². The van der Waals surface area contributed by atoms with Gasteiger partial charge in [0, 0.05) is 18.8 Å². The Balaban J connectivity index is 2.85. The molecular weight excluding hydrogens is 236 g/mol. The molecule has 1 aromatic rings. The van der Waals surface area contributed by atoms with E-state index in [2.05, 4.69) is 16.6 Å². The summed E-state index contributed by atoms with van der Waals surface area (Å²) in [5, 5.41) is 2.94. The Morgan fingerprint density at radius 2 is 1.94 bits per heavy atom. The lowest BCUT2D eigenvalue weighted by atomic mass is 10.3. The smallest absolute Gasteiger partial charge is 0.240 e. The zero-order valence-corrected chi connectivity index (χ0v) is 10.9. The summed E-state index contributed by atoms with van der Waals surface area (Å²) in [6, 6.07) is 6.46. The molecule has 0 saturated heterocycles. The molecule has 0 amide bonds. The summed E-state index contributed by atoms with van der Waals surface area (Å²) < 4.78 is 26.5. The van der Waals surface area contributed by atoms with E-state index in [0.29, 0.717) is 6.42 Å². The van der Waals surface area contributed by atoms with E-state index in [9.17, 15) is 8.42 Å². The molecule has 1 aromatic carbocycles. The minimum atomic E-state index is -3.43. The van der Waals surface area contributed by atoms with Crippen molar-refractivity contribution in [1.82, 2.24) is 4.72 Å². The van der Waals surface area contributed by atoms with Gasteiger partial charge in [0.25, 0.3) is 0 Å². The molecule has 0 heterocycles. The molecule has 0 aromatic heterocycles. The van der Waals surface area contributed by atoms with Crippen molar-refractivity contribution >= 4 is 15.7 Å². The lowest BCUT2D eigenvalue weighted by Gasteiger charge is -2.12. The average molecular weight is 254 g/mol. The minimum absolute atomic E-state index is 0.151. The number of nitrogens with one attached hydrogen (secondary N) is 2. The minimum Gasteiger partial charge on any atom is -0.388 e. The van der Waals surface area contributed by atoms with Gasteiger partial charge in [-0.2, -0.15) is 0 Å². The van der Waals surface area contributed by atoms with Crippen LogP contribution in [0.25, 0.3) is 0 Å². The van der Waals surface area contributed by atoms with Gasteiger partial charge in [-0.05, 0) is 37.6 Å². The molecule has 94 valence electrons. The Bertz CT molecular complexity index is 466. The van der Waals surface area contributed by atoms with Crippen molar-refractivity contribution in [2.24, 2.45) is 0 Å². The molecule has 0 bridgehead atoms. The summed E-state index contributed by atoms with van der Waals surface area (Å²) >= 11 is 0. The highest BCUT2D eigenvalue weighted by Crippen LogP contribution is 2.14. The first-order valence-corrected chi connectivity index (χ1v) is 6.89. The van der Waals surface area contributed by atoms with E-state index in [1.54, 1.807) is 44.3 Å². The molecule has 0 saturated carbocycles. The first-order chi connectivity index (χ1) is 7.99. The predicted molar refractivity (Wildman–Crippen MR) is 70.6 cm³/mol. The fourth-order valence-electron chi connectivity index (χ4n) is 1.43. The largest absolute Gasteiger partial charge is 0.388 e. The first-order valence-electron chi connectivity index (χ1n) is 5.40. The normalized spacial score (nSPS) is 13.1. The Labute approximate surface area is 103 Å². The van der Waals surface area contributed by atoms with Gasteiger partial charge in [-0.3, -0.25) is 0 Å². The van der Waals surface area contributed by atoms with Gasteiger partial charge in [-0.15, -0.1) is 6.58 Å². The summed E-state index contributed by atoms with van der Waals surface area (Å²) in [5.74, 6) is 0. The summed E-state index contributed by atoms with van der Waals surface area (Å²) in [6.45, 7) is 5.39. The molecule has 4 nitrogen and oxygen atoms in total. The third-order valence-corrected chi connectivity index (χ3v) is 3.94. The highest BCUT2D eigenvalue weighted by Gasteiger charge is 2.16. The number of anilines is 1. The fraction of sp³-hybridized carbons (Fsp3) is 0.333. The predicted octanol–water partition coefficient (Wildman–Crippen LogP) is 1.97. The van der Waals surface area contributed by atoms with Crippen LogP contribution < -0.4 is 10.0 Å². The van der Waals surface area contributed by atoms with E-state index >= 15 is 0 Å². The van der Waals surface area contributed by atoms with Crippen LogP contribution in [0.15, 0.2) is 41.8 Å². The molecule has 5 heteroatoms. The lowest BCUT2D eigenvalue weighted by Crippen LogP contribution is -2.32. The Morgan fingerprint density at radius 3 is 2.41 bits per heavy atom. The Morgan fingerprint density at radius 1 is 1.35 bits per heavy atom. The lowest BCUT2D eigenvalue weighted by molar-refractivity contribution is 0.562. The number of rotatable bonds is 6. The molecule has 0 aliphatic heterocycles. The van der Waals surface area contributed by atoms with E-state index < -0.39 is 10.0 Å². The zero-order valence-electron chi connectivity index (χ0n) is 10.1. The van der Waals surface area contributed by atoms with Crippen LogP contribution in [0.1, 0.15) is 13.3 Å². The summed E-state index contributed by atoms with van der Waals surface area (Å²) in [4.78, 5) is 0.271. The maximum absolute atomic E-state index is 12.0. The van der Waals surface area contributed by atoms with Gasteiger partial charge in [-0.1, -0.05) is 6.08 Å². The molecule has 2 N–H and O–H groups in total. The molecule has 1 atom stereocenters. The second-order valence-corrected chi connectivity index (χ2v) is 5.54. The Hall–Kier alpha value is -1.33. The zero-order chi connectivity index (χ0) is 12.9. The van der Waals surface area contributed by atoms with Gasteiger partial charge in [0.05, 0.1) is 4.90 Å². The number of hydrogen-bond donors (Lipinski definition) is 2. The van der Waals surface area contributed by atoms with Crippen LogP contribution in [0, 0.1) is 0 Å². The van der Waals surface area contributed by atoms with Crippen LogP contribution >= 0.6 is 0 Å². The SMILES string of the molecule is C=CCC(C)NS(=O)(=O)c1ccc(NC)cc1. The molecule has 0 fully saturated rings. The van der Waals surface area contributed by atoms with Gasteiger partial charge >= 0.3 is 0 Å². The van der Waals surface area contributed by atoms with Crippen LogP contribution in [-0.2, 0) is 10.0 Å². The molecule has 17 heavy (non-hydrogen) atoms. The third-order valence-electron chi connectivity index (χ3n) is 2.33. The van der Waals surface area contributed by atoms with Crippen LogP contribution in [0.2, 0.25) is 0 Å².